The van der Waals surface area contributed by atoms with Gasteiger partial charge in [0.1, 0.15) is 0 Å². The molecule has 0 bridgehead atoms. The topological polar surface area (TPSA) is 163 Å². The van der Waals surface area contributed by atoms with Crippen LogP contribution in [0.4, 0.5) is 0 Å². The number of benzene rings is 4. The molecule has 0 amide bonds. The molecule has 2 N–H and O–H groups in total. The zero-order chi connectivity index (χ0) is 48.9. The van der Waals surface area contributed by atoms with Crippen molar-refractivity contribution in [1.29, 1.82) is 0 Å². The summed E-state index contributed by atoms with van der Waals surface area (Å²) >= 11 is 3.46. The van der Waals surface area contributed by atoms with Crippen molar-refractivity contribution in [2.24, 2.45) is 11.8 Å². The van der Waals surface area contributed by atoms with Crippen LogP contribution in [0.15, 0.2) is 111 Å². The molecular weight excluding hydrogens is 951 g/mol. The summed E-state index contributed by atoms with van der Waals surface area (Å²) < 4.78 is 64.8. The monoisotopic (exact) mass is 1020 g/mol. The molecule has 362 valence electrons. The van der Waals surface area contributed by atoms with Gasteiger partial charge in [-0.1, -0.05) is 112 Å². The molecule has 16 heteroatoms. The number of aliphatic hydroxyl groups excluding tert-OH is 2. The van der Waals surface area contributed by atoms with E-state index >= 15 is 0 Å². The van der Waals surface area contributed by atoms with Crippen molar-refractivity contribution < 1.29 is 36.4 Å². The Balaban J connectivity index is 0.000000225. The highest BCUT2D eigenvalue weighted by Gasteiger charge is 2.51. The molecule has 0 radical (unpaired) electrons. The van der Waals surface area contributed by atoms with E-state index < -0.39 is 38.0 Å². The first-order chi connectivity index (χ1) is 30.7. The van der Waals surface area contributed by atoms with Crippen LogP contribution in [-0.4, -0.2) is 77.4 Å². The number of sulfone groups is 2. The van der Waals surface area contributed by atoms with Crippen molar-refractivity contribution >= 4 is 48.2 Å². The second-order valence-electron chi connectivity index (χ2n) is 18.7. The molecule has 0 spiro atoms. The Bertz CT molecular complexity index is 2820. The maximum absolute atomic E-state index is 12.0. The molecule has 6 aromatic rings. The zero-order valence-corrected chi connectivity index (χ0v) is 43.3. The summed E-state index contributed by atoms with van der Waals surface area (Å²) in [6.07, 6.45) is 2.28. The third-order valence-electron chi connectivity index (χ3n) is 11.4. The number of nitrogens with zero attached hydrogens (tertiary/aromatic N) is 4. The fourth-order valence-corrected chi connectivity index (χ4v) is 9.54. The van der Waals surface area contributed by atoms with Gasteiger partial charge in [-0.05, 0) is 129 Å². The minimum absolute atomic E-state index is 0. The highest BCUT2D eigenvalue weighted by molar-refractivity contribution is 9.10. The van der Waals surface area contributed by atoms with Crippen molar-refractivity contribution in [3.63, 3.8) is 0 Å². The lowest BCUT2D eigenvalue weighted by atomic mass is 9.79. The standard InChI is InChI=1S/C22H26N2O3S.C14H21BO5S.C14H17BrN2.CH4/c1-15(2)13-24-21(11-16(3)23-24)18-7-5-17(6-8-18)19-9-10-20(14-25)22(12-19)28(4,26)27;1-13(2)14(3,4)20-15(19-13)11-7-6-10(9-16)12(8-11)21(5,17)18;1-10(2)9-17-14(8-11(3)16-17)12-4-6-13(15)7-5-12;/h5-12,15,25H,13-14H2,1-4H3;6-8,16H,9H2,1-5H3;4-8,10H,9H2,1-3H3;1H4. The first-order valence-electron chi connectivity index (χ1n) is 21.9. The van der Waals surface area contributed by atoms with Crippen LogP contribution in [0.2, 0.25) is 0 Å². The van der Waals surface area contributed by atoms with Gasteiger partial charge in [0, 0.05) is 30.1 Å². The van der Waals surface area contributed by atoms with Crippen molar-refractivity contribution in [3.05, 3.63) is 124 Å². The van der Waals surface area contributed by atoms with Gasteiger partial charge in [0.05, 0.1) is 57.0 Å². The van der Waals surface area contributed by atoms with E-state index in [9.17, 15) is 27.0 Å². The average molecular weight is 1020 g/mol. The van der Waals surface area contributed by atoms with Gasteiger partial charge in [0.2, 0.25) is 0 Å². The van der Waals surface area contributed by atoms with E-state index in [2.05, 4.69) is 94.9 Å². The second-order valence-corrected chi connectivity index (χ2v) is 23.6. The van der Waals surface area contributed by atoms with E-state index in [1.54, 1.807) is 24.3 Å². The van der Waals surface area contributed by atoms with E-state index in [0.717, 1.165) is 63.8 Å². The predicted octanol–water partition coefficient (Wildman–Crippen LogP) is 9.87. The lowest BCUT2D eigenvalue weighted by Gasteiger charge is -2.32. The number of rotatable bonds is 12. The van der Waals surface area contributed by atoms with Crippen molar-refractivity contribution in [2.45, 2.75) is 124 Å². The van der Waals surface area contributed by atoms with E-state index in [1.807, 2.05) is 76.6 Å². The Hall–Kier alpha value is -4.42. The summed E-state index contributed by atoms with van der Waals surface area (Å²) in [5.74, 6) is 1.10. The lowest BCUT2D eigenvalue weighted by molar-refractivity contribution is 0.00578. The molecule has 12 nitrogen and oxygen atoms in total. The van der Waals surface area contributed by atoms with Crippen LogP contribution in [0, 0.1) is 25.7 Å². The smallest absolute Gasteiger partial charge is 0.399 e. The number of aryl methyl sites for hydroxylation is 2. The summed E-state index contributed by atoms with van der Waals surface area (Å²) in [4.78, 5) is 0.277. The highest BCUT2D eigenvalue weighted by Crippen LogP contribution is 2.37. The summed E-state index contributed by atoms with van der Waals surface area (Å²) in [6.45, 7) is 21.7. The first-order valence-corrected chi connectivity index (χ1v) is 26.5. The number of halogens is 1. The van der Waals surface area contributed by atoms with E-state index in [0.29, 0.717) is 28.4 Å². The normalized spacial score (nSPS) is 14.3. The van der Waals surface area contributed by atoms with E-state index in [4.69, 9.17) is 9.31 Å². The van der Waals surface area contributed by atoms with Gasteiger partial charge in [-0.15, -0.1) is 0 Å². The largest absolute Gasteiger partial charge is 0.494 e. The third-order valence-corrected chi connectivity index (χ3v) is 14.2. The maximum Gasteiger partial charge on any atom is 0.494 e. The quantitative estimate of drug-likeness (QED) is 0.113. The molecule has 4 aromatic carbocycles. The fourth-order valence-electron chi connectivity index (χ4n) is 7.36. The van der Waals surface area contributed by atoms with E-state index in [-0.39, 0.29) is 30.4 Å². The Morgan fingerprint density at radius 1 is 0.597 bits per heavy atom. The molecule has 7 rings (SSSR count). The van der Waals surface area contributed by atoms with Crippen LogP contribution in [0.5, 0.6) is 0 Å². The molecule has 67 heavy (non-hydrogen) atoms. The van der Waals surface area contributed by atoms with Gasteiger partial charge < -0.3 is 19.5 Å². The Morgan fingerprint density at radius 2 is 0.970 bits per heavy atom. The number of aliphatic hydroxyl groups is 2. The molecule has 0 saturated carbocycles. The van der Waals surface area contributed by atoms with Crippen LogP contribution in [0.25, 0.3) is 33.6 Å². The molecule has 2 aromatic heterocycles. The van der Waals surface area contributed by atoms with Crippen LogP contribution < -0.4 is 5.46 Å². The third kappa shape index (κ3) is 14.1. The van der Waals surface area contributed by atoms with Crippen LogP contribution in [-0.2, 0) is 55.3 Å². The number of aromatic nitrogens is 4. The van der Waals surface area contributed by atoms with Gasteiger partial charge in [0.15, 0.2) is 19.7 Å². The Labute approximate surface area is 407 Å². The SMILES string of the molecule is C.CC1(C)OB(c2ccc(CO)c(S(C)(=O)=O)c2)OC1(C)C.Cc1cc(-c2ccc(-c3ccc(CO)c(S(C)(=O)=O)c3)cc2)n(CC(C)C)n1.Cc1cc(-c2ccc(Br)cc2)n(CC(C)C)n1. The zero-order valence-electron chi connectivity index (χ0n) is 40.1. The van der Waals surface area contributed by atoms with Crippen molar-refractivity contribution in [1.82, 2.24) is 19.6 Å². The predicted molar refractivity (Wildman–Crippen MR) is 275 cm³/mol. The summed E-state index contributed by atoms with van der Waals surface area (Å²) in [5.41, 5.74) is 8.78. The summed E-state index contributed by atoms with van der Waals surface area (Å²) in [7, 11) is -7.46. The molecule has 3 heterocycles. The fraction of sp³-hybridized carbons (Fsp3) is 0.412. The van der Waals surface area contributed by atoms with Crippen LogP contribution >= 0.6 is 15.9 Å². The van der Waals surface area contributed by atoms with Crippen molar-refractivity contribution in [3.8, 4) is 33.6 Å². The molecular formula is C51H68BBrN4O8S2. The van der Waals surface area contributed by atoms with Gasteiger partial charge >= 0.3 is 7.12 Å². The number of hydrogen-bond acceptors (Lipinski definition) is 10. The minimum atomic E-state index is -3.43. The van der Waals surface area contributed by atoms with Gasteiger partial charge in [-0.25, -0.2) is 16.8 Å². The summed E-state index contributed by atoms with van der Waals surface area (Å²) in [5, 5.41) is 27.8. The molecule has 0 aliphatic carbocycles. The molecule has 1 aliphatic rings. The lowest BCUT2D eigenvalue weighted by Crippen LogP contribution is -2.41. The maximum atomic E-state index is 12.0. The molecule has 1 aliphatic heterocycles. The summed E-state index contributed by atoms with van der Waals surface area (Å²) in [6, 6.07) is 30.6. The van der Waals surface area contributed by atoms with Crippen LogP contribution in [0.1, 0.15) is 85.3 Å². The highest BCUT2D eigenvalue weighted by atomic mass is 79.9. The number of hydrogen-bond donors (Lipinski definition) is 2. The van der Waals surface area contributed by atoms with E-state index in [1.165, 1.54) is 17.3 Å². The average Bonchev–Trinajstić information content (AvgIpc) is 3.86. The van der Waals surface area contributed by atoms with Gasteiger partial charge in [-0.3, -0.25) is 9.36 Å². The molecule has 0 unspecified atom stereocenters. The molecule has 1 saturated heterocycles. The molecule has 1 fully saturated rings. The Morgan fingerprint density at radius 3 is 1.37 bits per heavy atom. The first kappa shape index (κ1) is 55.2. The van der Waals surface area contributed by atoms with Crippen LogP contribution in [0.3, 0.4) is 0 Å². The van der Waals surface area contributed by atoms with Gasteiger partial charge in [0.25, 0.3) is 0 Å². The Kier molecular flexibility index (Phi) is 18.4. The second kappa shape index (κ2) is 22.3. The van der Waals surface area contributed by atoms with Crippen molar-refractivity contribution in [2.75, 3.05) is 12.5 Å². The molecule has 0 atom stereocenters. The minimum Gasteiger partial charge on any atom is -0.399 e. The van der Waals surface area contributed by atoms with Gasteiger partial charge in [-0.2, -0.15) is 10.2 Å².